The molecule has 1 amide bonds. The third kappa shape index (κ3) is 2.79. The second-order valence-corrected chi connectivity index (χ2v) is 9.26. The van der Waals surface area contributed by atoms with Crippen molar-refractivity contribution in [1.29, 1.82) is 5.41 Å². The molecular weight excluding hydrogens is 410 g/mol. The minimum Gasteiger partial charge on any atom is -0.345 e. The number of thiophene rings is 1. The molecule has 1 aliphatic carbocycles. The van der Waals surface area contributed by atoms with E-state index in [9.17, 15) is 4.79 Å². The molecule has 2 aromatic rings. The summed E-state index contributed by atoms with van der Waals surface area (Å²) in [5, 5.41) is 13.5. The minimum atomic E-state index is -0.644. The predicted octanol–water partition coefficient (Wildman–Crippen LogP) is 4.77. The van der Waals surface area contributed by atoms with Gasteiger partial charge in [0.15, 0.2) is 5.96 Å². The first-order valence-electron chi connectivity index (χ1n) is 8.89. The third-order valence-electron chi connectivity index (χ3n) is 5.79. The molecule has 4 rings (SSSR count). The molecule has 26 heavy (non-hydrogen) atoms. The molecule has 1 unspecified atom stereocenters. The largest absolute Gasteiger partial charge is 0.345 e. The number of nitrogens with zero attached hydrogens (tertiary/aromatic N) is 1. The zero-order valence-electron chi connectivity index (χ0n) is 14.9. The molecule has 1 saturated carbocycles. The van der Waals surface area contributed by atoms with Gasteiger partial charge in [-0.1, -0.05) is 30.7 Å². The summed E-state index contributed by atoms with van der Waals surface area (Å²) < 4.78 is 0.998. The molecule has 136 valence electrons. The van der Waals surface area contributed by atoms with Crippen LogP contribution in [0.25, 0.3) is 0 Å². The lowest BCUT2D eigenvalue weighted by Gasteiger charge is -2.45. The molecule has 4 nitrogen and oxygen atoms in total. The van der Waals surface area contributed by atoms with Crippen LogP contribution >= 0.6 is 27.3 Å². The standard InChI is InChI=1S/C20H22BrN3OS/c1-20(16-10-15(21)11-26-16)17(18(25)24(2)19(22)23-20)14-8-6-13(7-9-14)12-4-3-5-12/h6-12,17H,3-5H2,1-2H3,(H2,22,23)/t17?,20-/m1/s1. The van der Waals surface area contributed by atoms with E-state index in [-0.39, 0.29) is 17.8 Å². The summed E-state index contributed by atoms with van der Waals surface area (Å²) >= 11 is 5.12. The van der Waals surface area contributed by atoms with Crippen LogP contribution < -0.4 is 5.32 Å². The highest BCUT2D eigenvalue weighted by Crippen LogP contribution is 2.44. The van der Waals surface area contributed by atoms with Gasteiger partial charge < -0.3 is 5.32 Å². The summed E-state index contributed by atoms with van der Waals surface area (Å²) in [6.07, 6.45) is 3.85. The lowest BCUT2D eigenvalue weighted by atomic mass is 9.75. The van der Waals surface area contributed by atoms with Gasteiger partial charge in [0.2, 0.25) is 5.91 Å². The Hall–Kier alpha value is -1.66. The molecule has 0 bridgehead atoms. The molecule has 2 heterocycles. The van der Waals surface area contributed by atoms with Gasteiger partial charge in [-0.15, -0.1) is 11.3 Å². The average Bonchev–Trinajstić information content (AvgIpc) is 3.00. The summed E-state index contributed by atoms with van der Waals surface area (Å²) in [6, 6.07) is 10.6. The van der Waals surface area contributed by atoms with Gasteiger partial charge in [-0.25, -0.2) is 0 Å². The molecule has 2 fully saturated rings. The van der Waals surface area contributed by atoms with E-state index < -0.39 is 5.54 Å². The van der Waals surface area contributed by atoms with Crippen LogP contribution in [0.1, 0.15) is 54.0 Å². The molecule has 1 aliphatic heterocycles. The van der Waals surface area contributed by atoms with Crippen LogP contribution in [-0.2, 0) is 10.3 Å². The number of amides is 1. The molecule has 1 aromatic carbocycles. The second-order valence-electron chi connectivity index (χ2n) is 7.43. The van der Waals surface area contributed by atoms with Crippen LogP contribution in [0, 0.1) is 5.41 Å². The number of carbonyl (C=O) groups is 1. The van der Waals surface area contributed by atoms with Crippen molar-refractivity contribution in [3.05, 3.63) is 56.2 Å². The lowest BCUT2D eigenvalue weighted by molar-refractivity contribution is -0.131. The van der Waals surface area contributed by atoms with E-state index >= 15 is 0 Å². The Morgan fingerprint density at radius 3 is 2.46 bits per heavy atom. The quantitative estimate of drug-likeness (QED) is 0.734. The average molecular weight is 432 g/mol. The van der Waals surface area contributed by atoms with Crippen molar-refractivity contribution in [3.63, 3.8) is 0 Å². The fourth-order valence-corrected chi connectivity index (χ4v) is 5.50. The monoisotopic (exact) mass is 431 g/mol. The highest BCUT2D eigenvalue weighted by Gasteiger charge is 2.49. The van der Waals surface area contributed by atoms with Crippen LogP contribution in [0.3, 0.4) is 0 Å². The van der Waals surface area contributed by atoms with Gasteiger partial charge in [0, 0.05) is 21.8 Å². The van der Waals surface area contributed by atoms with Gasteiger partial charge in [-0.2, -0.15) is 0 Å². The zero-order chi connectivity index (χ0) is 18.5. The van der Waals surface area contributed by atoms with Crippen molar-refractivity contribution in [2.75, 3.05) is 7.05 Å². The van der Waals surface area contributed by atoms with Crippen LogP contribution in [0.4, 0.5) is 0 Å². The van der Waals surface area contributed by atoms with E-state index in [1.165, 1.54) is 29.7 Å². The van der Waals surface area contributed by atoms with Crippen LogP contribution in [0.15, 0.2) is 40.2 Å². The molecule has 1 aromatic heterocycles. The second kappa shape index (κ2) is 6.50. The van der Waals surface area contributed by atoms with Crippen molar-refractivity contribution in [3.8, 4) is 0 Å². The maximum Gasteiger partial charge on any atom is 0.239 e. The summed E-state index contributed by atoms with van der Waals surface area (Å²) in [5.74, 6) is 0.406. The first-order chi connectivity index (χ1) is 12.4. The van der Waals surface area contributed by atoms with Crippen molar-refractivity contribution in [2.24, 2.45) is 0 Å². The van der Waals surface area contributed by atoms with Gasteiger partial charge in [0.05, 0.1) is 11.5 Å². The van der Waals surface area contributed by atoms with Crippen LogP contribution in [-0.4, -0.2) is 23.8 Å². The Bertz CT molecular complexity index is 858. The Labute approximate surface area is 166 Å². The predicted molar refractivity (Wildman–Crippen MR) is 109 cm³/mol. The topological polar surface area (TPSA) is 56.2 Å². The fraction of sp³-hybridized carbons (Fsp3) is 0.400. The van der Waals surface area contributed by atoms with Crippen LogP contribution in [0.2, 0.25) is 0 Å². The van der Waals surface area contributed by atoms with Crippen LogP contribution in [0.5, 0.6) is 0 Å². The van der Waals surface area contributed by atoms with Gasteiger partial charge in [-0.05, 0) is 58.8 Å². The molecule has 1 saturated heterocycles. The highest BCUT2D eigenvalue weighted by molar-refractivity contribution is 9.10. The maximum atomic E-state index is 13.2. The number of guanidine groups is 1. The maximum absolute atomic E-state index is 13.2. The van der Waals surface area contributed by atoms with Gasteiger partial charge in [-0.3, -0.25) is 15.1 Å². The Balaban J connectivity index is 1.76. The first kappa shape index (κ1) is 17.7. The summed E-state index contributed by atoms with van der Waals surface area (Å²) in [4.78, 5) is 15.6. The number of hydrogen-bond donors (Lipinski definition) is 2. The summed E-state index contributed by atoms with van der Waals surface area (Å²) in [5.41, 5.74) is 1.73. The molecule has 0 radical (unpaired) electrons. The normalized spacial score (nSPS) is 26.6. The lowest BCUT2D eigenvalue weighted by Crippen LogP contribution is -2.62. The van der Waals surface area contributed by atoms with E-state index in [1.54, 1.807) is 18.4 Å². The van der Waals surface area contributed by atoms with Crippen molar-refractivity contribution in [2.45, 2.75) is 43.6 Å². The van der Waals surface area contributed by atoms with E-state index in [4.69, 9.17) is 5.41 Å². The van der Waals surface area contributed by atoms with Gasteiger partial charge in [0.1, 0.15) is 0 Å². The van der Waals surface area contributed by atoms with Crippen molar-refractivity contribution < 1.29 is 4.79 Å². The van der Waals surface area contributed by atoms with E-state index in [1.807, 2.05) is 18.4 Å². The number of hydrogen-bond acceptors (Lipinski definition) is 3. The SMILES string of the molecule is CN1C(=N)N[C@](C)(c2cc(Br)cs2)C(c2ccc(C3CCC3)cc2)C1=O. The highest BCUT2D eigenvalue weighted by atomic mass is 79.9. The zero-order valence-corrected chi connectivity index (χ0v) is 17.3. The smallest absolute Gasteiger partial charge is 0.239 e. The first-order valence-corrected chi connectivity index (χ1v) is 10.6. The number of likely N-dealkylation sites (N-methyl/N-ethyl adjacent to an activating group) is 1. The summed E-state index contributed by atoms with van der Waals surface area (Å²) in [7, 11) is 1.66. The minimum absolute atomic E-state index is 0.0443. The molecular formula is C20H22BrN3OS. The molecule has 6 heteroatoms. The number of benzene rings is 1. The van der Waals surface area contributed by atoms with E-state index in [0.29, 0.717) is 5.92 Å². The third-order valence-corrected chi connectivity index (χ3v) is 7.72. The number of rotatable bonds is 3. The molecule has 2 aliphatic rings. The van der Waals surface area contributed by atoms with Crippen molar-refractivity contribution in [1.82, 2.24) is 10.2 Å². The molecule has 2 N–H and O–H groups in total. The molecule has 2 atom stereocenters. The molecule has 0 spiro atoms. The Morgan fingerprint density at radius 2 is 1.92 bits per heavy atom. The number of carbonyl (C=O) groups excluding carboxylic acids is 1. The van der Waals surface area contributed by atoms with E-state index in [2.05, 4.69) is 45.5 Å². The number of nitrogens with one attached hydrogen (secondary N) is 2. The van der Waals surface area contributed by atoms with Gasteiger partial charge >= 0.3 is 0 Å². The van der Waals surface area contributed by atoms with E-state index in [0.717, 1.165) is 14.9 Å². The Morgan fingerprint density at radius 1 is 1.27 bits per heavy atom. The van der Waals surface area contributed by atoms with Crippen molar-refractivity contribution >= 4 is 39.1 Å². The Kier molecular flexibility index (Phi) is 4.43. The summed E-state index contributed by atoms with van der Waals surface area (Å²) in [6.45, 7) is 2.02. The fourth-order valence-electron chi connectivity index (χ4n) is 3.92. The number of halogens is 1. The van der Waals surface area contributed by atoms with Gasteiger partial charge in [0.25, 0.3) is 0 Å².